The highest BCUT2D eigenvalue weighted by molar-refractivity contribution is 6.02. The lowest BCUT2D eigenvalue weighted by atomic mass is 9.43. The molecule has 8 aliphatic rings. The fraction of sp³-hybridized carbons (Fsp3) is 0.712. The molecule has 360 valence electrons. The van der Waals surface area contributed by atoms with Gasteiger partial charge < -0.3 is 55.0 Å². The minimum Gasteiger partial charge on any atom is -0.508 e. The molecule has 2 amide bonds. The van der Waals surface area contributed by atoms with E-state index in [1.54, 1.807) is 11.0 Å². The van der Waals surface area contributed by atoms with Crippen molar-refractivity contribution in [1.82, 2.24) is 9.80 Å². The fourth-order valence-electron chi connectivity index (χ4n) is 16.4. The Morgan fingerprint density at radius 3 is 1.61 bits per heavy atom. The summed E-state index contributed by atoms with van der Waals surface area (Å²) in [6, 6.07) is 1.82. The molecule has 2 aromatic rings. The number of aliphatic hydroxyl groups excluding tert-OH is 4. The second kappa shape index (κ2) is 14.7. The quantitative estimate of drug-likeness (QED) is 0.157. The molecule has 0 saturated heterocycles. The summed E-state index contributed by atoms with van der Waals surface area (Å²) in [6.45, 7) is 17.2. The van der Waals surface area contributed by atoms with E-state index in [4.69, 9.17) is 9.47 Å². The Kier molecular flexibility index (Phi) is 10.2. The highest BCUT2D eigenvalue weighted by Crippen LogP contribution is 2.69. The number of carboxylic acids is 1. The van der Waals surface area contributed by atoms with E-state index in [1.807, 2.05) is 27.7 Å². The van der Waals surface area contributed by atoms with Crippen LogP contribution in [0.15, 0.2) is 12.1 Å². The van der Waals surface area contributed by atoms with E-state index < -0.39 is 75.2 Å². The van der Waals surface area contributed by atoms with Gasteiger partial charge in [-0.2, -0.15) is 0 Å². The number of carboxylic acid groups (broad SMARTS) is 1. The number of aromatic hydroxyl groups is 2. The van der Waals surface area contributed by atoms with Crippen LogP contribution in [-0.2, 0) is 30.7 Å². The molecule has 4 saturated carbocycles. The zero-order valence-electron chi connectivity index (χ0n) is 39.8. The number of unbranched alkanes of at least 4 members (excludes halogenated alkanes) is 1. The van der Waals surface area contributed by atoms with E-state index in [1.165, 1.54) is 11.0 Å². The van der Waals surface area contributed by atoms with Crippen LogP contribution in [0.4, 0.5) is 0 Å². The summed E-state index contributed by atoms with van der Waals surface area (Å²) in [5.41, 5.74) is -0.755. The number of fused-ring (bicyclic) bond motifs is 10. The first-order valence-electron chi connectivity index (χ1n) is 24.5. The molecule has 14 heteroatoms. The highest BCUT2D eigenvalue weighted by Gasteiger charge is 2.71. The summed E-state index contributed by atoms with van der Waals surface area (Å²) in [7, 11) is 0. The number of carbonyl (C=O) groups excluding carboxylic acids is 2. The molecule has 0 aromatic heterocycles. The van der Waals surface area contributed by atoms with Crippen LogP contribution in [0, 0.1) is 45.3 Å². The number of ether oxygens (including phenoxy) is 2. The van der Waals surface area contributed by atoms with Crippen LogP contribution < -0.4 is 9.47 Å². The molecule has 4 aliphatic heterocycles. The zero-order chi connectivity index (χ0) is 47.6. The van der Waals surface area contributed by atoms with Crippen molar-refractivity contribution in [3.05, 3.63) is 45.5 Å². The Labute approximate surface area is 387 Å². The molecule has 66 heavy (non-hydrogen) atoms. The number of aliphatic hydroxyl groups is 4. The summed E-state index contributed by atoms with van der Waals surface area (Å²) in [5.74, 6) is -0.845. The number of aliphatic carboxylic acids is 1. The lowest BCUT2D eigenvalue weighted by Crippen LogP contribution is -2.69. The van der Waals surface area contributed by atoms with Crippen LogP contribution in [-0.4, -0.2) is 112 Å². The maximum absolute atomic E-state index is 14.1. The first-order chi connectivity index (χ1) is 30.9. The molecule has 0 bridgehead atoms. The Morgan fingerprint density at radius 2 is 1.14 bits per heavy atom. The van der Waals surface area contributed by atoms with Crippen LogP contribution >= 0.6 is 0 Å². The lowest BCUT2D eigenvalue weighted by Gasteiger charge is -2.64. The Bertz CT molecular complexity index is 2420. The minimum atomic E-state index is -1.17. The molecule has 14 nitrogen and oxygen atoms in total. The van der Waals surface area contributed by atoms with E-state index in [-0.39, 0.29) is 66.2 Å². The van der Waals surface area contributed by atoms with Gasteiger partial charge in [-0.15, -0.1) is 0 Å². The van der Waals surface area contributed by atoms with Gasteiger partial charge in [0.05, 0.1) is 48.6 Å². The normalized spacial score (nSPS) is 39.5. The van der Waals surface area contributed by atoms with E-state index >= 15 is 0 Å². The third kappa shape index (κ3) is 5.82. The van der Waals surface area contributed by atoms with Gasteiger partial charge in [0.1, 0.15) is 40.2 Å². The van der Waals surface area contributed by atoms with Gasteiger partial charge in [0, 0.05) is 52.5 Å². The van der Waals surface area contributed by atoms with E-state index in [0.29, 0.717) is 78.8 Å². The van der Waals surface area contributed by atoms with Crippen molar-refractivity contribution in [2.75, 3.05) is 6.54 Å². The molecular formula is C52H70N2O12. The summed E-state index contributed by atoms with van der Waals surface area (Å²) in [6.07, 6.45) is 2.21. The molecule has 4 heterocycles. The third-order valence-electron chi connectivity index (χ3n) is 20.0. The van der Waals surface area contributed by atoms with Crippen LogP contribution in [0.5, 0.6) is 23.0 Å². The zero-order valence-corrected chi connectivity index (χ0v) is 39.8. The van der Waals surface area contributed by atoms with Crippen LogP contribution in [0.3, 0.4) is 0 Å². The van der Waals surface area contributed by atoms with E-state index in [2.05, 4.69) is 27.7 Å². The lowest BCUT2D eigenvalue weighted by molar-refractivity contribution is -0.240. The summed E-state index contributed by atoms with van der Waals surface area (Å²) in [4.78, 5) is 44.1. The summed E-state index contributed by atoms with van der Waals surface area (Å²) >= 11 is 0. The van der Waals surface area contributed by atoms with Crippen molar-refractivity contribution in [1.29, 1.82) is 0 Å². The molecule has 13 atom stereocenters. The Balaban J connectivity index is 0.836. The molecule has 4 aliphatic carbocycles. The smallest absolute Gasteiger partial charge is 0.326 e. The molecule has 2 spiro atoms. The Hall–Kier alpha value is -4.11. The van der Waals surface area contributed by atoms with E-state index in [9.17, 15) is 50.1 Å². The number of amides is 2. The highest BCUT2D eigenvalue weighted by atomic mass is 16.5. The number of rotatable bonds is 7. The van der Waals surface area contributed by atoms with Gasteiger partial charge >= 0.3 is 5.97 Å². The number of nitrogens with zero attached hydrogens (tertiary/aromatic N) is 2. The average molecular weight is 915 g/mol. The molecule has 2 aromatic carbocycles. The molecule has 7 N–H and O–H groups in total. The number of phenols is 2. The largest absolute Gasteiger partial charge is 0.508 e. The predicted molar refractivity (Wildman–Crippen MR) is 241 cm³/mol. The fourth-order valence-corrected chi connectivity index (χ4v) is 16.4. The molecule has 0 radical (unpaired) electrons. The standard InChI is InChI=1S/C52H70N2O12/c1-25-12-14-38-47(3,4)42(59)36(57)21-49(38,7)51(25)19-29-34(55)17-27-31(40(29)65-51)23-53(44(27)61)16-10-9-11-33(46(63)64)54-24-32-28(45(54)62)18-35(56)30-20-52(66-41(30)32)26(2)13-15-39-48(5,6)43(60)37(58)22-50(39,52)8/h17-18,25-26,33,36-39,42-43,55-60H,9-16,19-24H2,1-8H3,(H,63,64). The maximum Gasteiger partial charge on any atom is 0.326 e. The third-order valence-corrected chi connectivity index (χ3v) is 20.0. The van der Waals surface area contributed by atoms with Gasteiger partial charge in [-0.05, 0) is 104 Å². The average Bonchev–Trinajstić information content (AvgIpc) is 4.01. The first-order valence-corrected chi connectivity index (χ1v) is 24.5. The summed E-state index contributed by atoms with van der Waals surface area (Å²) in [5, 5.41) is 78.2. The molecule has 4 fully saturated rings. The number of hydrogen-bond acceptors (Lipinski definition) is 11. The van der Waals surface area contributed by atoms with Crippen LogP contribution in [0.2, 0.25) is 0 Å². The van der Waals surface area contributed by atoms with Gasteiger partial charge in [0.2, 0.25) is 0 Å². The van der Waals surface area contributed by atoms with Gasteiger partial charge in [-0.1, -0.05) is 55.4 Å². The van der Waals surface area contributed by atoms with Crippen molar-refractivity contribution < 1.29 is 59.6 Å². The predicted octanol–water partition coefficient (Wildman–Crippen LogP) is 6.09. The molecule has 10 rings (SSSR count). The van der Waals surface area contributed by atoms with Gasteiger partial charge in [-0.25, -0.2) is 4.79 Å². The Morgan fingerprint density at radius 1 is 0.682 bits per heavy atom. The number of carbonyl (C=O) groups is 3. The monoisotopic (exact) mass is 914 g/mol. The van der Waals surface area contributed by atoms with Gasteiger partial charge in [0.15, 0.2) is 0 Å². The second-order valence-electron chi connectivity index (χ2n) is 23.8. The van der Waals surface area contributed by atoms with E-state index in [0.717, 1.165) is 31.2 Å². The minimum absolute atomic E-state index is 0.00333. The van der Waals surface area contributed by atoms with Crippen molar-refractivity contribution >= 4 is 17.8 Å². The number of benzene rings is 2. The van der Waals surface area contributed by atoms with Crippen molar-refractivity contribution in [2.45, 2.75) is 181 Å². The van der Waals surface area contributed by atoms with Crippen molar-refractivity contribution in [3.63, 3.8) is 0 Å². The second-order valence-corrected chi connectivity index (χ2v) is 23.8. The molecule has 13 unspecified atom stereocenters. The van der Waals surface area contributed by atoms with Gasteiger partial charge in [-0.3, -0.25) is 9.59 Å². The van der Waals surface area contributed by atoms with Crippen molar-refractivity contribution in [2.24, 2.45) is 45.3 Å². The SMILES string of the molecule is CC1CCC2C(C)(C)C(O)C(O)CC2(C)C12Cc1c(O)cc3c(c1O2)CN(CCCCC(C(=O)O)N1Cc2c(cc(O)c4c2OC2(C4)C(C)CCC4C(C)(C)C(O)C(O)CC42C)C1=O)C3=O. The van der Waals surface area contributed by atoms with Crippen LogP contribution in [0.25, 0.3) is 0 Å². The topological polar surface area (TPSA) is 218 Å². The van der Waals surface area contributed by atoms with Crippen molar-refractivity contribution in [3.8, 4) is 23.0 Å². The summed E-state index contributed by atoms with van der Waals surface area (Å²) < 4.78 is 14.2. The maximum atomic E-state index is 14.1. The van der Waals surface area contributed by atoms with Crippen LogP contribution in [0.1, 0.15) is 156 Å². The first kappa shape index (κ1) is 45.7. The number of phenolic OH excluding ortho intramolecular Hbond substituents is 2. The number of hydrogen-bond donors (Lipinski definition) is 7. The molecular weight excluding hydrogens is 845 g/mol. The van der Waals surface area contributed by atoms with Gasteiger partial charge in [0.25, 0.3) is 11.8 Å².